The van der Waals surface area contributed by atoms with Gasteiger partial charge in [0.1, 0.15) is 0 Å². The van der Waals surface area contributed by atoms with E-state index in [0.29, 0.717) is 12.3 Å². The van der Waals surface area contributed by atoms with E-state index >= 15 is 0 Å². The lowest BCUT2D eigenvalue weighted by Gasteiger charge is -2.03. The maximum atomic E-state index is 11.6. The zero-order chi connectivity index (χ0) is 10.6. The summed E-state index contributed by atoms with van der Waals surface area (Å²) in [6.07, 6.45) is 2.38. The maximum absolute atomic E-state index is 11.6. The molecule has 0 aromatic heterocycles. The van der Waals surface area contributed by atoms with Gasteiger partial charge in [0, 0.05) is 27.2 Å². The quantitative estimate of drug-likeness (QED) is 0.474. The number of carbonyl (C=O) groups is 1. The van der Waals surface area contributed by atoms with Gasteiger partial charge in [-0.05, 0) is 24.5 Å². The van der Waals surface area contributed by atoms with Gasteiger partial charge in [0.25, 0.3) is 0 Å². The van der Waals surface area contributed by atoms with Crippen LogP contribution in [0.4, 0.5) is 0 Å². The molecule has 0 atom stereocenters. The SMILES string of the molecule is CSc1cc(Br)cc(C(=O)CCCl)c1. The summed E-state index contributed by atoms with van der Waals surface area (Å²) in [6, 6.07) is 5.71. The van der Waals surface area contributed by atoms with Crippen molar-refractivity contribution in [1.82, 2.24) is 0 Å². The van der Waals surface area contributed by atoms with Crippen LogP contribution in [0, 0.1) is 0 Å². The fourth-order valence-corrected chi connectivity index (χ4v) is 2.38. The van der Waals surface area contributed by atoms with Crippen molar-refractivity contribution in [3.05, 3.63) is 28.2 Å². The highest BCUT2D eigenvalue weighted by atomic mass is 79.9. The zero-order valence-corrected chi connectivity index (χ0v) is 10.9. The van der Waals surface area contributed by atoms with Gasteiger partial charge in [-0.25, -0.2) is 0 Å². The Balaban J connectivity index is 2.96. The van der Waals surface area contributed by atoms with Crippen LogP contribution < -0.4 is 0 Å². The number of ketones is 1. The van der Waals surface area contributed by atoms with Gasteiger partial charge in [-0.1, -0.05) is 15.9 Å². The Bertz CT molecular complexity index is 341. The Hall–Kier alpha value is 0.01000. The van der Waals surface area contributed by atoms with E-state index in [9.17, 15) is 4.79 Å². The van der Waals surface area contributed by atoms with Crippen LogP contribution in [-0.2, 0) is 0 Å². The molecule has 0 N–H and O–H groups in total. The molecule has 0 fully saturated rings. The summed E-state index contributed by atoms with van der Waals surface area (Å²) in [5, 5.41) is 0. The Morgan fingerprint density at radius 1 is 1.50 bits per heavy atom. The van der Waals surface area contributed by atoms with Crippen molar-refractivity contribution in [2.24, 2.45) is 0 Å². The van der Waals surface area contributed by atoms with Crippen LogP contribution in [0.15, 0.2) is 27.6 Å². The lowest BCUT2D eigenvalue weighted by atomic mass is 10.1. The number of alkyl halides is 1. The maximum Gasteiger partial charge on any atom is 0.164 e. The third-order valence-corrected chi connectivity index (χ3v) is 3.10. The van der Waals surface area contributed by atoms with Gasteiger partial charge in [-0.15, -0.1) is 23.4 Å². The Kier molecular flexibility index (Phi) is 4.99. The topological polar surface area (TPSA) is 17.1 Å². The minimum Gasteiger partial charge on any atom is -0.294 e. The first-order valence-electron chi connectivity index (χ1n) is 4.11. The van der Waals surface area contributed by atoms with Crippen molar-refractivity contribution >= 4 is 45.1 Å². The van der Waals surface area contributed by atoms with E-state index in [0.717, 1.165) is 14.9 Å². The standard InChI is InChI=1S/C10H10BrClOS/c1-14-9-5-7(4-8(11)6-9)10(13)2-3-12/h4-6H,2-3H2,1H3. The molecule has 0 unspecified atom stereocenters. The number of hydrogen-bond donors (Lipinski definition) is 0. The highest BCUT2D eigenvalue weighted by Gasteiger charge is 2.07. The monoisotopic (exact) mass is 292 g/mol. The molecule has 1 nitrogen and oxygen atoms in total. The van der Waals surface area contributed by atoms with Crippen molar-refractivity contribution in [2.75, 3.05) is 12.1 Å². The van der Waals surface area contributed by atoms with Crippen molar-refractivity contribution in [3.63, 3.8) is 0 Å². The van der Waals surface area contributed by atoms with Gasteiger partial charge < -0.3 is 0 Å². The second-order valence-corrected chi connectivity index (χ2v) is 4.92. The molecule has 1 rings (SSSR count). The first-order chi connectivity index (χ1) is 6.67. The average molecular weight is 294 g/mol. The van der Waals surface area contributed by atoms with Gasteiger partial charge in [0.2, 0.25) is 0 Å². The van der Waals surface area contributed by atoms with Crippen molar-refractivity contribution in [2.45, 2.75) is 11.3 Å². The number of carbonyl (C=O) groups excluding carboxylic acids is 1. The summed E-state index contributed by atoms with van der Waals surface area (Å²) in [5.74, 6) is 0.469. The van der Waals surface area contributed by atoms with Gasteiger partial charge in [-0.3, -0.25) is 4.79 Å². The highest BCUT2D eigenvalue weighted by Crippen LogP contribution is 2.23. The third kappa shape index (κ3) is 3.30. The van der Waals surface area contributed by atoms with Gasteiger partial charge in [0.05, 0.1) is 0 Å². The molecule has 0 spiro atoms. The van der Waals surface area contributed by atoms with Gasteiger partial charge in [-0.2, -0.15) is 0 Å². The fraction of sp³-hybridized carbons (Fsp3) is 0.300. The zero-order valence-electron chi connectivity index (χ0n) is 7.72. The molecule has 0 radical (unpaired) electrons. The minimum absolute atomic E-state index is 0.0941. The summed E-state index contributed by atoms with van der Waals surface area (Å²) in [4.78, 5) is 12.6. The van der Waals surface area contributed by atoms with E-state index in [-0.39, 0.29) is 5.78 Å². The van der Waals surface area contributed by atoms with E-state index in [1.807, 2.05) is 24.5 Å². The van der Waals surface area contributed by atoms with E-state index in [4.69, 9.17) is 11.6 Å². The summed E-state index contributed by atoms with van der Waals surface area (Å²) in [6.45, 7) is 0. The smallest absolute Gasteiger partial charge is 0.164 e. The second kappa shape index (κ2) is 5.79. The average Bonchev–Trinajstić information content (AvgIpc) is 2.17. The lowest BCUT2D eigenvalue weighted by molar-refractivity contribution is 0.0989. The Morgan fingerprint density at radius 2 is 2.21 bits per heavy atom. The number of benzene rings is 1. The molecule has 0 amide bonds. The Morgan fingerprint density at radius 3 is 2.79 bits per heavy atom. The molecule has 0 aliphatic heterocycles. The van der Waals surface area contributed by atoms with Crippen LogP contribution in [0.25, 0.3) is 0 Å². The molecule has 0 heterocycles. The molecule has 0 aliphatic rings. The Labute approximate surface area is 101 Å². The number of hydrogen-bond acceptors (Lipinski definition) is 2. The van der Waals surface area contributed by atoms with Crippen molar-refractivity contribution < 1.29 is 4.79 Å². The number of halogens is 2. The summed E-state index contributed by atoms with van der Waals surface area (Å²) in [7, 11) is 0. The van der Waals surface area contributed by atoms with E-state index in [2.05, 4.69) is 15.9 Å². The second-order valence-electron chi connectivity index (χ2n) is 2.74. The molecule has 0 aliphatic carbocycles. The van der Waals surface area contributed by atoms with E-state index in [1.54, 1.807) is 11.8 Å². The molecule has 0 saturated carbocycles. The predicted octanol–water partition coefficient (Wildman–Crippen LogP) is 3.98. The van der Waals surface area contributed by atoms with Crippen molar-refractivity contribution in [1.29, 1.82) is 0 Å². The normalized spacial score (nSPS) is 10.2. The molecular weight excluding hydrogens is 284 g/mol. The molecule has 4 heteroatoms. The number of rotatable bonds is 4. The number of Topliss-reactive ketones (excluding diaryl/α,β-unsaturated/α-hetero) is 1. The molecule has 1 aromatic carbocycles. The molecule has 0 saturated heterocycles. The first kappa shape index (κ1) is 12.1. The largest absolute Gasteiger partial charge is 0.294 e. The van der Waals surface area contributed by atoms with Crippen molar-refractivity contribution in [3.8, 4) is 0 Å². The molecule has 0 bridgehead atoms. The van der Waals surface area contributed by atoms with Crippen LogP contribution in [-0.4, -0.2) is 17.9 Å². The molecule has 14 heavy (non-hydrogen) atoms. The molecular formula is C10H10BrClOS. The van der Waals surface area contributed by atoms with Gasteiger partial charge in [0.15, 0.2) is 5.78 Å². The molecule has 76 valence electrons. The van der Waals surface area contributed by atoms with Gasteiger partial charge >= 0.3 is 0 Å². The minimum atomic E-state index is 0.0941. The van der Waals surface area contributed by atoms with Crippen LogP contribution in [0.5, 0.6) is 0 Å². The summed E-state index contributed by atoms with van der Waals surface area (Å²) < 4.78 is 0.933. The summed E-state index contributed by atoms with van der Waals surface area (Å²) in [5.41, 5.74) is 0.726. The summed E-state index contributed by atoms with van der Waals surface area (Å²) >= 11 is 10.5. The highest BCUT2D eigenvalue weighted by molar-refractivity contribution is 9.10. The first-order valence-corrected chi connectivity index (χ1v) is 6.66. The van der Waals surface area contributed by atoms with E-state index < -0.39 is 0 Å². The van der Waals surface area contributed by atoms with Crippen LogP contribution in [0.3, 0.4) is 0 Å². The third-order valence-electron chi connectivity index (χ3n) is 1.75. The molecule has 1 aromatic rings. The number of thioether (sulfide) groups is 1. The van der Waals surface area contributed by atoms with Crippen LogP contribution in [0.1, 0.15) is 16.8 Å². The van der Waals surface area contributed by atoms with Crippen LogP contribution >= 0.6 is 39.3 Å². The van der Waals surface area contributed by atoms with E-state index in [1.165, 1.54) is 0 Å². The lowest BCUT2D eigenvalue weighted by Crippen LogP contribution is -1.99. The predicted molar refractivity (Wildman–Crippen MR) is 65.6 cm³/mol. The fourth-order valence-electron chi connectivity index (χ4n) is 1.07. The van der Waals surface area contributed by atoms with Crippen LogP contribution in [0.2, 0.25) is 0 Å².